The molecule has 4 aromatic rings. The molecule has 208 valence electrons. The summed E-state index contributed by atoms with van der Waals surface area (Å²) in [6.45, 7) is 10.5. The first-order valence-electron chi connectivity index (χ1n) is 14.2. The minimum absolute atomic E-state index is 0.0825. The van der Waals surface area contributed by atoms with Crippen LogP contribution >= 0.6 is 0 Å². The topological polar surface area (TPSA) is 72.9 Å². The molecule has 3 aromatic heterocycles. The number of imidazole rings is 1. The highest BCUT2D eigenvalue weighted by atomic mass is 16.5. The molecule has 0 radical (unpaired) electrons. The van der Waals surface area contributed by atoms with E-state index in [-0.39, 0.29) is 17.6 Å². The second kappa shape index (κ2) is 12.5. The molecule has 1 aliphatic rings. The van der Waals surface area contributed by atoms with Crippen molar-refractivity contribution < 1.29 is 14.1 Å². The Hall–Kier alpha value is -3.89. The molecule has 5 rings (SSSR count). The van der Waals surface area contributed by atoms with Gasteiger partial charge < -0.3 is 18.6 Å². The van der Waals surface area contributed by atoms with Gasteiger partial charge in [-0.05, 0) is 80.2 Å². The fraction of sp³-hybridized carbons (Fsp3) is 0.424. The Morgan fingerprint density at radius 3 is 2.58 bits per heavy atom. The molecule has 0 N–H and O–H groups in total. The molecule has 7 heteroatoms. The third-order valence-corrected chi connectivity index (χ3v) is 7.13. The summed E-state index contributed by atoms with van der Waals surface area (Å²) >= 11 is 0. The predicted molar refractivity (Wildman–Crippen MR) is 156 cm³/mol. The van der Waals surface area contributed by atoms with Gasteiger partial charge in [-0.2, -0.15) is 0 Å². The van der Waals surface area contributed by atoms with Gasteiger partial charge in [-0.15, -0.1) is 0 Å². The number of fused-ring (bicyclic) bond motifs is 1. The van der Waals surface area contributed by atoms with Crippen LogP contribution in [0, 0.1) is 11.8 Å². The Morgan fingerprint density at radius 2 is 1.82 bits per heavy atom. The highest BCUT2D eigenvalue weighted by Crippen LogP contribution is 2.23. The van der Waals surface area contributed by atoms with E-state index in [1.54, 1.807) is 0 Å². The van der Waals surface area contributed by atoms with E-state index in [4.69, 9.17) is 9.26 Å². The maximum absolute atomic E-state index is 12.7. The second-order valence-electron chi connectivity index (χ2n) is 11.6. The van der Waals surface area contributed by atoms with Crippen molar-refractivity contribution in [1.82, 2.24) is 19.4 Å². The Morgan fingerprint density at radius 1 is 1.02 bits per heavy atom. The summed E-state index contributed by atoms with van der Waals surface area (Å²) in [6, 6.07) is 13.7. The van der Waals surface area contributed by atoms with Gasteiger partial charge in [0.1, 0.15) is 28.6 Å². The number of Topliss-reactive ketones (excluding diaryl/α,β-unsaturated/α-hetero) is 1. The highest BCUT2D eigenvalue weighted by Gasteiger charge is 2.20. The van der Waals surface area contributed by atoms with Crippen LogP contribution in [-0.4, -0.2) is 51.5 Å². The summed E-state index contributed by atoms with van der Waals surface area (Å²) in [7, 11) is 0. The number of piperidine rings is 1. The number of nitrogens with zero attached hydrogens (tertiary/aromatic N) is 4. The fourth-order valence-electron chi connectivity index (χ4n) is 4.87. The van der Waals surface area contributed by atoms with Crippen LogP contribution in [-0.2, 0) is 23.1 Å². The number of carbonyl (C=O) groups is 1. The van der Waals surface area contributed by atoms with Gasteiger partial charge in [-0.1, -0.05) is 38.3 Å². The van der Waals surface area contributed by atoms with E-state index in [0.717, 1.165) is 47.9 Å². The lowest BCUT2D eigenvalue weighted by Crippen LogP contribution is -2.31. The smallest absolute Gasteiger partial charge is 0.143 e. The van der Waals surface area contributed by atoms with E-state index in [1.807, 2.05) is 59.3 Å². The highest BCUT2D eigenvalue weighted by molar-refractivity contribution is 5.83. The minimum atomic E-state index is -0.134. The molecule has 0 unspecified atom stereocenters. The van der Waals surface area contributed by atoms with Crippen LogP contribution in [0.1, 0.15) is 74.7 Å². The molecule has 0 bridgehead atoms. The first kappa shape index (κ1) is 27.7. The normalized spacial score (nSPS) is 14.2. The average Bonchev–Trinajstić information content (AvgIpc) is 3.58. The number of rotatable bonds is 9. The van der Waals surface area contributed by atoms with Gasteiger partial charge in [-0.25, -0.2) is 4.98 Å². The van der Waals surface area contributed by atoms with Crippen LogP contribution in [0.4, 0.5) is 0 Å². The molecule has 7 nitrogen and oxygen atoms in total. The monoisotopic (exact) mass is 538 g/mol. The fourth-order valence-corrected chi connectivity index (χ4v) is 4.87. The lowest BCUT2D eigenvalue weighted by Gasteiger charge is -2.26. The van der Waals surface area contributed by atoms with Gasteiger partial charge >= 0.3 is 0 Å². The molecule has 0 atom stereocenters. The van der Waals surface area contributed by atoms with Crippen molar-refractivity contribution in [1.29, 1.82) is 0 Å². The summed E-state index contributed by atoms with van der Waals surface area (Å²) in [5.41, 5.74) is 3.80. The number of likely N-dealkylation sites (tertiary alicyclic amines) is 1. The van der Waals surface area contributed by atoms with Gasteiger partial charge in [0.15, 0.2) is 0 Å². The molecule has 0 aliphatic carbocycles. The van der Waals surface area contributed by atoms with Crippen molar-refractivity contribution in [2.24, 2.45) is 0 Å². The van der Waals surface area contributed by atoms with Gasteiger partial charge in [0.25, 0.3) is 0 Å². The van der Waals surface area contributed by atoms with E-state index < -0.39 is 0 Å². The van der Waals surface area contributed by atoms with Crippen molar-refractivity contribution in [2.75, 3.05) is 26.2 Å². The summed E-state index contributed by atoms with van der Waals surface area (Å²) in [4.78, 5) is 19.8. The average molecular weight is 539 g/mol. The molecule has 1 fully saturated rings. The molecular formula is C33H38N4O3. The number of hydrogen-bond donors (Lipinski definition) is 0. The van der Waals surface area contributed by atoms with E-state index in [0.29, 0.717) is 17.8 Å². The van der Waals surface area contributed by atoms with E-state index in [1.165, 1.54) is 32.4 Å². The molecule has 1 aromatic carbocycles. The largest absolute Gasteiger partial charge is 0.494 e. The Balaban J connectivity index is 1.13. The van der Waals surface area contributed by atoms with Crippen LogP contribution in [0.15, 0.2) is 59.4 Å². The van der Waals surface area contributed by atoms with Crippen LogP contribution in [0.2, 0.25) is 0 Å². The molecule has 1 saturated heterocycles. The van der Waals surface area contributed by atoms with Crippen LogP contribution < -0.4 is 4.74 Å². The number of ketones is 1. The van der Waals surface area contributed by atoms with Gasteiger partial charge in [0, 0.05) is 42.4 Å². The lowest BCUT2D eigenvalue weighted by molar-refractivity contribution is -0.117. The van der Waals surface area contributed by atoms with Crippen molar-refractivity contribution in [2.45, 2.75) is 64.7 Å². The number of carbonyl (C=O) groups excluding carboxylic acids is 1. The summed E-state index contributed by atoms with van der Waals surface area (Å²) in [5, 5.41) is 4.06. The third kappa shape index (κ3) is 7.61. The van der Waals surface area contributed by atoms with Crippen molar-refractivity contribution in [3.05, 3.63) is 83.1 Å². The van der Waals surface area contributed by atoms with Crippen LogP contribution in [0.3, 0.4) is 0 Å². The zero-order valence-electron chi connectivity index (χ0n) is 23.8. The minimum Gasteiger partial charge on any atom is -0.494 e. The third-order valence-electron chi connectivity index (χ3n) is 7.13. The molecule has 0 amide bonds. The number of pyridine rings is 1. The zero-order valence-corrected chi connectivity index (χ0v) is 23.8. The summed E-state index contributed by atoms with van der Waals surface area (Å²) in [6.07, 6.45) is 9.44. The maximum atomic E-state index is 12.7. The lowest BCUT2D eigenvalue weighted by atomic mass is 9.93. The summed E-state index contributed by atoms with van der Waals surface area (Å²) < 4.78 is 13.2. The van der Waals surface area contributed by atoms with Gasteiger partial charge in [0.05, 0.1) is 18.7 Å². The molecule has 0 saturated carbocycles. The van der Waals surface area contributed by atoms with E-state index in [2.05, 4.69) is 47.7 Å². The van der Waals surface area contributed by atoms with Crippen LogP contribution in [0.5, 0.6) is 5.75 Å². The molecule has 1 aliphatic heterocycles. The maximum Gasteiger partial charge on any atom is 0.143 e. The van der Waals surface area contributed by atoms with Gasteiger partial charge in [0.2, 0.25) is 0 Å². The first-order chi connectivity index (χ1) is 19.3. The molecule has 40 heavy (non-hydrogen) atoms. The van der Waals surface area contributed by atoms with Gasteiger partial charge in [-0.3, -0.25) is 4.79 Å². The second-order valence-corrected chi connectivity index (χ2v) is 11.6. The Kier molecular flexibility index (Phi) is 8.66. The summed E-state index contributed by atoms with van der Waals surface area (Å²) in [5.74, 6) is 8.08. The number of ether oxygens (including phenoxy) is 1. The SMILES string of the molecule is CC(C)(C)c1cc(CC(=O)Cc2ccn3cc(C#Cc4ccc(OCCCN5CCCCC5)cc4)nc3c2)no1. The predicted octanol–water partition coefficient (Wildman–Crippen LogP) is 5.63. The number of hydrogen-bond acceptors (Lipinski definition) is 6. The Bertz CT molecular complexity index is 1490. The molecular weight excluding hydrogens is 500 g/mol. The number of aromatic nitrogens is 3. The Labute approximate surface area is 236 Å². The van der Waals surface area contributed by atoms with Crippen LogP contribution in [0.25, 0.3) is 5.65 Å². The van der Waals surface area contributed by atoms with Crippen molar-refractivity contribution in [3.63, 3.8) is 0 Å². The van der Waals surface area contributed by atoms with Crippen molar-refractivity contribution >= 4 is 11.4 Å². The molecule has 4 heterocycles. The number of benzene rings is 1. The van der Waals surface area contributed by atoms with E-state index in [9.17, 15) is 4.79 Å². The standard InChI is InChI=1S/C33H38N4O3/c1-33(2,3)31-23-28(35-40-31)22-29(38)20-26-14-18-37-24-27(34-32(37)21-26)11-8-25-9-12-30(13-10-25)39-19-7-17-36-15-5-4-6-16-36/h9-10,12-14,18,21,23-24H,4-7,15-17,19-20,22H2,1-3H3. The zero-order chi connectivity index (χ0) is 28.0. The van der Waals surface area contributed by atoms with Crippen molar-refractivity contribution in [3.8, 4) is 17.6 Å². The molecule has 0 spiro atoms. The first-order valence-corrected chi connectivity index (χ1v) is 14.2. The quantitative estimate of drug-likeness (QED) is 0.203. The van der Waals surface area contributed by atoms with E-state index >= 15 is 0 Å².